The van der Waals surface area contributed by atoms with Gasteiger partial charge in [-0.1, -0.05) is 11.3 Å². The van der Waals surface area contributed by atoms with Crippen molar-refractivity contribution in [1.82, 2.24) is 23.8 Å². The van der Waals surface area contributed by atoms with Crippen molar-refractivity contribution in [2.75, 3.05) is 26.8 Å². The number of carbonyl (C=O) groups is 1. The summed E-state index contributed by atoms with van der Waals surface area (Å²) in [5, 5.41) is 15.7. The van der Waals surface area contributed by atoms with Gasteiger partial charge in [-0.3, -0.25) is 14.2 Å². The van der Waals surface area contributed by atoms with E-state index in [-0.39, 0.29) is 24.4 Å². The van der Waals surface area contributed by atoms with Crippen molar-refractivity contribution in [3.05, 3.63) is 74.4 Å². The Morgan fingerprint density at radius 1 is 1.18 bits per heavy atom. The smallest absolute Gasteiger partial charge is 0.333 e. The van der Waals surface area contributed by atoms with E-state index in [4.69, 9.17) is 9.47 Å². The first-order valence-corrected chi connectivity index (χ1v) is 15.3. The van der Waals surface area contributed by atoms with Crippen LogP contribution in [-0.2, 0) is 21.6 Å². The van der Waals surface area contributed by atoms with Crippen molar-refractivity contribution in [2.45, 2.75) is 71.2 Å². The topological polar surface area (TPSA) is 121 Å². The first-order chi connectivity index (χ1) is 20.7. The number of aryl methyl sites for hydroxylation is 1. The number of amides is 1. The molecule has 1 saturated heterocycles. The maximum atomic E-state index is 14.6. The average molecular weight is 628 g/mol. The highest BCUT2D eigenvalue weighted by atomic mass is 32.1. The number of rotatable bonds is 10. The Morgan fingerprint density at radius 2 is 1.89 bits per heavy atom. The fourth-order valence-electron chi connectivity index (χ4n) is 5.67. The summed E-state index contributed by atoms with van der Waals surface area (Å²) in [6.07, 6.45) is 4.08. The zero-order chi connectivity index (χ0) is 32.0. The van der Waals surface area contributed by atoms with E-state index in [1.54, 1.807) is 62.7 Å². The largest absolute Gasteiger partial charge is 0.496 e. The lowest BCUT2D eigenvalue weighted by Crippen LogP contribution is -2.56. The van der Waals surface area contributed by atoms with Crippen LogP contribution in [0.15, 0.2) is 46.2 Å². The third-order valence-electron chi connectivity index (χ3n) is 7.90. The molecule has 1 amide bonds. The lowest BCUT2D eigenvalue weighted by atomic mass is 10.0. The first-order valence-electron chi connectivity index (χ1n) is 14.5. The summed E-state index contributed by atoms with van der Waals surface area (Å²) in [5.41, 5.74) is -3.11. The van der Waals surface area contributed by atoms with Gasteiger partial charge in [0.25, 0.3) is 5.56 Å². The van der Waals surface area contributed by atoms with E-state index in [0.29, 0.717) is 39.8 Å². The number of nitrogens with zero attached hydrogens (tertiary/aromatic N) is 5. The number of aromatic nitrogens is 4. The maximum absolute atomic E-state index is 14.6. The minimum atomic E-state index is -1.51. The van der Waals surface area contributed by atoms with Crippen molar-refractivity contribution in [1.29, 1.82) is 0 Å². The summed E-state index contributed by atoms with van der Waals surface area (Å²) in [5.74, 6) is -0.527. The van der Waals surface area contributed by atoms with Gasteiger partial charge in [0.15, 0.2) is 0 Å². The second kappa shape index (κ2) is 11.9. The minimum Gasteiger partial charge on any atom is -0.496 e. The van der Waals surface area contributed by atoms with E-state index < -0.39 is 34.3 Å². The average Bonchev–Trinajstić information content (AvgIpc) is 3.73. The molecule has 1 N–H and O–H groups in total. The molecular weight excluding hydrogens is 589 g/mol. The van der Waals surface area contributed by atoms with Gasteiger partial charge in [-0.05, 0) is 71.7 Å². The van der Waals surface area contributed by atoms with E-state index in [0.717, 1.165) is 17.4 Å². The summed E-state index contributed by atoms with van der Waals surface area (Å²) in [6.45, 7) is 8.89. The Kier molecular flexibility index (Phi) is 8.58. The van der Waals surface area contributed by atoms with Crippen LogP contribution < -0.4 is 16.0 Å². The summed E-state index contributed by atoms with van der Waals surface area (Å²) in [6, 6.07) is 5.74. The number of ether oxygens (including phenoxy) is 2. The molecule has 0 radical (unpaired) electrons. The van der Waals surface area contributed by atoms with Gasteiger partial charge in [0.2, 0.25) is 5.91 Å². The zero-order valence-electron chi connectivity index (χ0n) is 25.8. The van der Waals surface area contributed by atoms with E-state index in [1.165, 1.54) is 41.2 Å². The molecule has 5 rings (SSSR count). The second-order valence-corrected chi connectivity index (χ2v) is 13.2. The van der Waals surface area contributed by atoms with Gasteiger partial charge in [-0.15, -0.1) is 0 Å². The second-order valence-electron chi connectivity index (χ2n) is 12.3. The molecule has 1 aliphatic rings. The monoisotopic (exact) mass is 627 g/mol. The number of hydrogen-bond acceptors (Lipinski definition) is 8. The van der Waals surface area contributed by atoms with Gasteiger partial charge in [0, 0.05) is 36.6 Å². The zero-order valence-corrected chi connectivity index (χ0v) is 26.6. The van der Waals surface area contributed by atoms with E-state index in [2.05, 4.69) is 5.10 Å². The predicted octanol–water partition coefficient (Wildman–Crippen LogP) is 3.75. The van der Waals surface area contributed by atoms with Crippen LogP contribution in [0.2, 0.25) is 0 Å². The SMILES string of the molecule is COc1ccc(F)cc1[C@H](Cn1c(=O)n(C(C)(C)C(=O)N2CCCC2)c(=O)c2c(C)c(-n3cccn3)sc21)OCC(C)(C)O. The number of carbonyl (C=O) groups excluding carboxylic acids is 1. The summed E-state index contributed by atoms with van der Waals surface area (Å²) < 4.78 is 30.3. The third kappa shape index (κ3) is 5.83. The molecule has 4 aromatic rings. The molecule has 1 aromatic carbocycles. The van der Waals surface area contributed by atoms with Crippen molar-refractivity contribution in [2.24, 2.45) is 0 Å². The lowest BCUT2D eigenvalue weighted by molar-refractivity contribution is -0.138. The highest BCUT2D eigenvalue weighted by Crippen LogP contribution is 2.35. The molecule has 3 aromatic heterocycles. The van der Waals surface area contributed by atoms with Crippen molar-refractivity contribution in [3.8, 4) is 10.8 Å². The molecule has 0 saturated carbocycles. The highest BCUT2D eigenvalue weighted by molar-refractivity contribution is 7.21. The van der Waals surface area contributed by atoms with Gasteiger partial charge in [0.05, 0.1) is 31.2 Å². The Balaban J connectivity index is 1.77. The van der Waals surface area contributed by atoms with Gasteiger partial charge < -0.3 is 19.5 Å². The highest BCUT2D eigenvalue weighted by Gasteiger charge is 2.39. The van der Waals surface area contributed by atoms with Crippen molar-refractivity contribution < 1.29 is 23.8 Å². The molecule has 1 fully saturated rings. The predicted molar refractivity (Wildman–Crippen MR) is 165 cm³/mol. The standard InChI is InChI=1S/C31H38FN5O6S/c1-19-24-25(38)37(31(4,5)28(39)34-13-7-8-14-34)29(40)35(27(24)44-26(19)36-15-9-12-33-36)17-23(43-18-30(2,3)41)21-16-20(32)10-11-22(21)42-6/h9-12,15-16,23,41H,7-8,13-14,17-18H2,1-6H3/t23-/m0/s1. The van der Waals surface area contributed by atoms with Gasteiger partial charge >= 0.3 is 5.69 Å². The van der Waals surface area contributed by atoms with Gasteiger partial charge in [-0.25, -0.2) is 18.4 Å². The molecule has 0 unspecified atom stereocenters. The molecule has 0 bridgehead atoms. The molecule has 4 heterocycles. The minimum absolute atomic E-state index is 0.143. The maximum Gasteiger partial charge on any atom is 0.333 e. The number of methoxy groups -OCH3 is 1. The van der Waals surface area contributed by atoms with Gasteiger partial charge in [-0.2, -0.15) is 5.10 Å². The third-order valence-corrected chi connectivity index (χ3v) is 9.20. The molecule has 13 heteroatoms. The lowest BCUT2D eigenvalue weighted by Gasteiger charge is -2.31. The number of halogens is 1. The summed E-state index contributed by atoms with van der Waals surface area (Å²) in [4.78, 5) is 44.6. The molecular formula is C31H38FN5O6S. The van der Waals surface area contributed by atoms with Crippen LogP contribution in [0.1, 0.15) is 57.8 Å². The fourth-order valence-corrected chi connectivity index (χ4v) is 6.91. The Labute approximate surface area is 258 Å². The molecule has 1 aliphatic heterocycles. The number of thiophene rings is 1. The molecule has 44 heavy (non-hydrogen) atoms. The van der Waals surface area contributed by atoms with Crippen LogP contribution in [0, 0.1) is 12.7 Å². The Morgan fingerprint density at radius 3 is 2.50 bits per heavy atom. The Bertz CT molecular complexity index is 1800. The van der Waals surface area contributed by atoms with Crippen molar-refractivity contribution >= 4 is 27.5 Å². The van der Waals surface area contributed by atoms with Gasteiger partial charge in [0.1, 0.15) is 33.0 Å². The fraction of sp³-hybridized carbons (Fsp3) is 0.484. The Hall–Kier alpha value is -3.81. The van der Waals surface area contributed by atoms with E-state index >= 15 is 0 Å². The summed E-state index contributed by atoms with van der Waals surface area (Å²) in [7, 11) is 1.44. The number of aliphatic hydroxyl groups is 1. The van der Waals surface area contributed by atoms with Crippen LogP contribution in [0.4, 0.5) is 4.39 Å². The number of hydrogen-bond donors (Lipinski definition) is 1. The molecule has 0 aliphatic carbocycles. The van der Waals surface area contributed by atoms with Crippen LogP contribution in [0.3, 0.4) is 0 Å². The number of benzene rings is 1. The molecule has 11 nitrogen and oxygen atoms in total. The number of likely N-dealkylation sites (tertiary alicyclic amines) is 1. The molecule has 1 atom stereocenters. The molecule has 0 spiro atoms. The van der Waals surface area contributed by atoms with Crippen LogP contribution >= 0.6 is 11.3 Å². The van der Waals surface area contributed by atoms with Crippen LogP contribution in [0.25, 0.3) is 15.2 Å². The quantitative estimate of drug-likeness (QED) is 0.284. The van der Waals surface area contributed by atoms with E-state index in [1.807, 2.05) is 0 Å². The molecule has 236 valence electrons. The van der Waals surface area contributed by atoms with Crippen LogP contribution in [0.5, 0.6) is 5.75 Å². The van der Waals surface area contributed by atoms with Crippen molar-refractivity contribution in [3.63, 3.8) is 0 Å². The van der Waals surface area contributed by atoms with E-state index in [9.17, 15) is 23.9 Å². The number of fused-ring (bicyclic) bond motifs is 1. The normalized spacial score (nSPS) is 14.9. The van der Waals surface area contributed by atoms with Crippen LogP contribution in [-0.4, -0.2) is 67.2 Å². The first kappa shape index (κ1) is 31.6. The summed E-state index contributed by atoms with van der Waals surface area (Å²) >= 11 is 1.21.